The van der Waals surface area contributed by atoms with Gasteiger partial charge in [0, 0.05) is 6.20 Å². The summed E-state index contributed by atoms with van der Waals surface area (Å²) in [6, 6.07) is 3.37. The van der Waals surface area contributed by atoms with Gasteiger partial charge in [-0.05, 0) is 32.9 Å². The van der Waals surface area contributed by atoms with E-state index in [2.05, 4.69) is 10.3 Å². The van der Waals surface area contributed by atoms with E-state index < -0.39 is 11.7 Å². The van der Waals surface area contributed by atoms with Gasteiger partial charge < -0.3 is 15.0 Å². The number of hydrogen-bond donors (Lipinski definition) is 2. The minimum Gasteiger partial charge on any atom is -0.444 e. The number of nitrogens with one attached hydrogen (secondary N) is 2. The zero-order valence-electron chi connectivity index (χ0n) is 9.66. The standard InChI is InChI=1S/C11H16N2O3/c1-11(2,3)16-10(15)13-7-9(14)8-5-4-6-12-8/h4-6,12H,7H2,1-3H3,(H,13,15). The highest BCUT2D eigenvalue weighted by Crippen LogP contribution is 2.06. The van der Waals surface area contributed by atoms with Gasteiger partial charge in [-0.3, -0.25) is 4.79 Å². The summed E-state index contributed by atoms with van der Waals surface area (Å²) in [7, 11) is 0. The van der Waals surface area contributed by atoms with Crippen LogP contribution in [0.25, 0.3) is 0 Å². The SMILES string of the molecule is CC(C)(C)OC(=O)NCC(=O)c1ccc[nH]1. The van der Waals surface area contributed by atoms with Crippen molar-refractivity contribution >= 4 is 11.9 Å². The normalized spacial score (nSPS) is 10.9. The second-order valence-electron chi connectivity index (χ2n) is 4.36. The minimum atomic E-state index is -0.590. The van der Waals surface area contributed by atoms with Gasteiger partial charge in [-0.25, -0.2) is 4.79 Å². The first-order chi connectivity index (χ1) is 7.38. The molecule has 2 N–H and O–H groups in total. The maximum absolute atomic E-state index is 11.5. The number of aromatic amines is 1. The van der Waals surface area contributed by atoms with Gasteiger partial charge in [0.25, 0.3) is 0 Å². The van der Waals surface area contributed by atoms with E-state index in [9.17, 15) is 9.59 Å². The van der Waals surface area contributed by atoms with Crippen molar-refractivity contribution in [3.05, 3.63) is 24.0 Å². The van der Waals surface area contributed by atoms with E-state index in [1.807, 2.05) is 0 Å². The number of carbonyl (C=O) groups excluding carboxylic acids is 2. The fourth-order valence-electron chi connectivity index (χ4n) is 1.07. The first-order valence-corrected chi connectivity index (χ1v) is 5.02. The van der Waals surface area contributed by atoms with Crippen LogP contribution < -0.4 is 5.32 Å². The molecule has 0 aliphatic heterocycles. The number of Topliss-reactive ketones (excluding diaryl/α,β-unsaturated/α-hetero) is 1. The lowest BCUT2D eigenvalue weighted by Gasteiger charge is -2.19. The summed E-state index contributed by atoms with van der Waals surface area (Å²) in [5, 5.41) is 2.40. The van der Waals surface area contributed by atoms with Crippen LogP contribution in [0.1, 0.15) is 31.3 Å². The summed E-state index contributed by atoms with van der Waals surface area (Å²) in [5.41, 5.74) is -0.0874. The fourth-order valence-corrected chi connectivity index (χ4v) is 1.07. The Kier molecular flexibility index (Phi) is 3.71. The number of ether oxygens (including phenoxy) is 1. The van der Waals surface area contributed by atoms with Crippen molar-refractivity contribution in [3.63, 3.8) is 0 Å². The average molecular weight is 224 g/mol. The van der Waals surface area contributed by atoms with Gasteiger partial charge >= 0.3 is 6.09 Å². The Morgan fingerprint density at radius 2 is 2.12 bits per heavy atom. The molecule has 0 atom stereocenters. The number of H-pyrrole nitrogens is 1. The van der Waals surface area contributed by atoms with Crippen molar-refractivity contribution in [3.8, 4) is 0 Å². The molecule has 16 heavy (non-hydrogen) atoms. The third kappa shape index (κ3) is 4.16. The first kappa shape index (κ1) is 12.3. The molecule has 0 saturated heterocycles. The molecule has 0 bridgehead atoms. The predicted octanol–water partition coefficient (Wildman–Crippen LogP) is 1.72. The highest BCUT2D eigenvalue weighted by Gasteiger charge is 2.16. The molecule has 1 rings (SSSR count). The minimum absolute atomic E-state index is 0.0740. The molecule has 0 saturated carbocycles. The van der Waals surface area contributed by atoms with E-state index in [1.165, 1.54) is 0 Å². The molecule has 5 nitrogen and oxygen atoms in total. The third-order valence-electron chi connectivity index (χ3n) is 1.69. The summed E-state index contributed by atoms with van der Waals surface area (Å²) < 4.78 is 4.99. The molecule has 0 aromatic carbocycles. The van der Waals surface area contributed by atoms with Crippen LogP contribution in [0.5, 0.6) is 0 Å². The van der Waals surface area contributed by atoms with E-state index in [4.69, 9.17) is 4.74 Å². The second kappa shape index (κ2) is 4.83. The van der Waals surface area contributed by atoms with Gasteiger partial charge in [0.2, 0.25) is 0 Å². The molecular formula is C11H16N2O3. The Balaban J connectivity index is 2.35. The number of aromatic nitrogens is 1. The molecule has 1 amide bonds. The number of ketones is 1. The Morgan fingerprint density at radius 1 is 1.44 bits per heavy atom. The topological polar surface area (TPSA) is 71.2 Å². The van der Waals surface area contributed by atoms with Crippen molar-refractivity contribution in [2.75, 3.05) is 6.54 Å². The summed E-state index contributed by atoms with van der Waals surface area (Å²) >= 11 is 0. The molecule has 1 heterocycles. The molecule has 1 aromatic rings. The summed E-state index contributed by atoms with van der Waals surface area (Å²) in [5.74, 6) is -0.184. The summed E-state index contributed by atoms with van der Waals surface area (Å²) in [6.07, 6.45) is 1.06. The van der Waals surface area contributed by atoms with Crippen molar-refractivity contribution in [2.45, 2.75) is 26.4 Å². The van der Waals surface area contributed by atoms with E-state index in [0.717, 1.165) is 0 Å². The Bertz CT molecular complexity index is 363. The highest BCUT2D eigenvalue weighted by atomic mass is 16.6. The monoisotopic (exact) mass is 224 g/mol. The van der Waals surface area contributed by atoms with Gasteiger partial charge in [-0.2, -0.15) is 0 Å². The Morgan fingerprint density at radius 3 is 2.62 bits per heavy atom. The fraction of sp³-hybridized carbons (Fsp3) is 0.455. The Labute approximate surface area is 94.2 Å². The third-order valence-corrected chi connectivity index (χ3v) is 1.69. The average Bonchev–Trinajstić information content (AvgIpc) is 2.64. The maximum Gasteiger partial charge on any atom is 0.408 e. The van der Waals surface area contributed by atoms with E-state index in [-0.39, 0.29) is 12.3 Å². The molecule has 88 valence electrons. The lowest BCUT2D eigenvalue weighted by Crippen LogP contribution is -2.35. The quantitative estimate of drug-likeness (QED) is 0.768. The largest absolute Gasteiger partial charge is 0.444 e. The molecular weight excluding hydrogens is 208 g/mol. The lowest BCUT2D eigenvalue weighted by molar-refractivity contribution is 0.0520. The number of carbonyl (C=O) groups is 2. The van der Waals surface area contributed by atoms with Crippen molar-refractivity contribution < 1.29 is 14.3 Å². The van der Waals surface area contributed by atoms with Crippen molar-refractivity contribution in [2.24, 2.45) is 0 Å². The van der Waals surface area contributed by atoms with Gasteiger partial charge in [0.05, 0.1) is 12.2 Å². The van der Waals surface area contributed by atoms with Crippen LogP contribution in [0.15, 0.2) is 18.3 Å². The smallest absolute Gasteiger partial charge is 0.408 e. The zero-order chi connectivity index (χ0) is 12.2. The van der Waals surface area contributed by atoms with Gasteiger partial charge in [-0.1, -0.05) is 0 Å². The number of rotatable bonds is 3. The zero-order valence-corrected chi connectivity index (χ0v) is 9.66. The molecule has 0 aliphatic carbocycles. The van der Waals surface area contributed by atoms with Gasteiger partial charge in [0.1, 0.15) is 5.60 Å². The molecule has 0 unspecified atom stereocenters. The second-order valence-corrected chi connectivity index (χ2v) is 4.36. The molecule has 0 aliphatic rings. The predicted molar refractivity (Wildman–Crippen MR) is 59.4 cm³/mol. The van der Waals surface area contributed by atoms with Crippen molar-refractivity contribution in [1.82, 2.24) is 10.3 Å². The number of amides is 1. The molecule has 0 spiro atoms. The van der Waals surface area contributed by atoms with E-state index in [1.54, 1.807) is 39.1 Å². The van der Waals surface area contributed by atoms with Crippen LogP contribution >= 0.6 is 0 Å². The highest BCUT2D eigenvalue weighted by molar-refractivity contribution is 5.97. The van der Waals surface area contributed by atoms with Crippen LogP contribution in [-0.4, -0.2) is 29.0 Å². The number of hydrogen-bond acceptors (Lipinski definition) is 3. The van der Waals surface area contributed by atoms with Crippen LogP contribution in [0.4, 0.5) is 4.79 Å². The summed E-state index contributed by atoms with van der Waals surface area (Å²) in [6.45, 7) is 5.22. The molecule has 1 aromatic heterocycles. The number of alkyl carbamates (subject to hydrolysis) is 1. The van der Waals surface area contributed by atoms with Crippen molar-refractivity contribution in [1.29, 1.82) is 0 Å². The lowest BCUT2D eigenvalue weighted by atomic mass is 10.2. The molecule has 0 fully saturated rings. The Hall–Kier alpha value is -1.78. The van der Waals surface area contributed by atoms with E-state index >= 15 is 0 Å². The first-order valence-electron chi connectivity index (χ1n) is 5.02. The van der Waals surface area contributed by atoms with E-state index in [0.29, 0.717) is 5.69 Å². The van der Waals surface area contributed by atoms with Crippen LogP contribution in [0, 0.1) is 0 Å². The molecule has 0 radical (unpaired) electrons. The maximum atomic E-state index is 11.5. The van der Waals surface area contributed by atoms with Crippen LogP contribution in [-0.2, 0) is 4.74 Å². The molecule has 5 heteroatoms. The van der Waals surface area contributed by atoms with Crippen LogP contribution in [0.2, 0.25) is 0 Å². The van der Waals surface area contributed by atoms with Crippen LogP contribution in [0.3, 0.4) is 0 Å². The van der Waals surface area contributed by atoms with Gasteiger partial charge in [0.15, 0.2) is 5.78 Å². The van der Waals surface area contributed by atoms with Gasteiger partial charge in [-0.15, -0.1) is 0 Å². The summed E-state index contributed by atoms with van der Waals surface area (Å²) in [4.78, 5) is 25.5.